The fourth-order valence-corrected chi connectivity index (χ4v) is 5.87. The Morgan fingerprint density at radius 3 is 2.31 bits per heavy atom. The van der Waals surface area contributed by atoms with Crippen LogP contribution in [0.5, 0.6) is 5.75 Å². The number of hydrogen-bond donors (Lipinski definition) is 1. The van der Waals surface area contributed by atoms with E-state index in [0.29, 0.717) is 35.2 Å². The number of halogens is 3. The van der Waals surface area contributed by atoms with Gasteiger partial charge in [-0.1, -0.05) is 23.2 Å². The van der Waals surface area contributed by atoms with Crippen LogP contribution in [0.1, 0.15) is 65.9 Å². The zero-order valence-corrected chi connectivity index (χ0v) is 21.4. The predicted molar refractivity (Wildman–Crippen MR) is 135 cm³/mol. The lowest BCUT2D eigenvalue weighted by molar-refractivity contribution is -0.141. The van der Waals surface area contributed by atoms with E-state index in [9.17, 15) is 14.7 Å². The maximum atomic E-state index is 15.2. The fourth-order valence-electron chi connectivity index (χ4n) is 5.30. The fraction of sp³-hybridized carbons (Fsp3) is 0.481. The zero-order chi connectivity index (χ0) is 25.4. The lowest BCUT2D eigenvalue weighted by atomic mass is 10.0. The number of amides is 1. The Labute approximate surface area is 219 Å². The van der Waals surface area contributed by atoms with Crippen LogP contribution in [0.4, 0.5) is 4.39 Å². The molecule has 1 saturated carbocycles. The molecule has 6 nitrogen and oxygen atoms in total. The minimum Gasteiger partial charge on any atom is -0.490 e. The molecule has 5 rings (SSSR count). The van der Waals surface area contributed by atoms with Gasteiger partial charge in [0.25, 0.3) is 5.91 Å². The van der Waals surface area contributed by atoms with Gasteiger partial charge in [-0.15, -0.1) is 0 Å². The highest BCUT2D eigenvalue weighted by Crippen LogP contribution is 2.46. The number of carboxylic acid groups (broad SMARTS) is 1. The molecule has 1 N–H and O–H groups in total. The molecule has 0 bridgehead atoms. The maximum Gasteiger partial charge on any atom is 0.326 e. The SMILES string of the molecule is O=C(O)C1CCCN1C(=O)c1cc(C2CC2)c(OC2CCN(Cc3cc(Cl)cc(Cl)c3)CC2)cc1F. The maximum absolute atomic E-state index is 15.2. The second-order valence-electron chi connectivity index (χ2n) is 10.0. The van der Waals surface area contributed by atoms with Crippen LogP contribution in [-0.4, -0.2) is 58.6 Å². The highest BCUT2D eigenvalue weighted by molar-refractivity contribution is 6.34. The number of rotatable bonds is 7. The number of carbonyl (C=O) groups excluding carboxylic acids is 1. The van der Waals surface area contributed by atoms with Crippen LogP contribution in [0.2, 0.25) is 10.0 Å². The third-order valence-corrected chi connectivity index (χ3v) is 7.74. The molecule has 1 aliphatic carbocycles. The molecule has 9 heteroatoms. The van der Waals surface area contributed by atoms with Gasteiger partial charge >= 0.3 is 5.97 Å². The molecular formula is C27H29Cl2FN2O4. The minimum absolute atomic E-state index is 0.0439. The second kappa shape index (κ2) is 10.6. The molecule has 3 fully saturated rings. The first kappa shape index (κ1) is 25.3. The van der Waals surface area contributed by atoms with Gasteiger partial charge in [0, 0.05) is 42.3 Å². The lowest BCUT2D eigenvalue weighted by Gasteiger charge is -2.32. The first-order valence-electron chi connectivity index (χ1n) is 12.5. The summed E-state index contributed by atoms with van der Waals surface area (Å²) in [7, 11) is 0. The van der Waals surface area contributed by atoms with Crippen LogP contribution in [-0.2, 0) is 11.3 Å². The standard InChI is InChI=1S/C27H29Cl2FN2O4/c28-18-10-16(11-19(29)12-18)15-31-8-5-20(6-9-31)36-25-14-23(30)22(13-21(25)17-3-4-17)26(33)32-7-1-2-24(32)27(34)35/h10-14,17,20,24H,1-9,15H2,(H,34,35). The van der Waals surface area contributed by atoms with E-state index < -0.39 is 23.7 Å². The van der Waals surface area contributed by atoms with Gasteiger partial charge in [0.05, 0.1) is 5.56 Å². The first-order chi connectivity index (χ1) is 17.3. The normalized spacial score (nSPS) is 21.1. The van der Waals surface area contributed by atoms with Crippen molar-refractivity contribution in [3.63, 3.8) is 0 Å². The van der Waals surface area contributed by atoms with Crippen molar-refractivity contribution in [2.24, 2.45) is 0 Å². The van der Waals surface area contributed by atoms with Gasteiger partial charge in [0.2, 0.25) is 0 Å². The van der Waals surface area contributed by atoms with Crippen LogP contribution in [0.3, 0.4) is 0 Å². The van der Waals surface area contributed by atoms with E-state index in [1.165, 1.54) is 11.0 Å². The molecule has 1 atom stereocenters. The van der Waals surface area contributed by atoms with Crippen molar-refractivity contribution in [1.82, 2.24) is 9.80 Å². The van der Waals surface area contributed by atoms with Gasteiger partial charge in [0.15, 0.2) is 0 Å². The minimum atomic E-state index is -1.05. The Morgan fingerprint density at radius 1 is 0.972 bits per heavy atom. The molecule has 1 amide bonds. The average molecular weight is 535 g/mol. The smallest absolute Gasteiger partial charge is 0.326 e. The Hall–Kier alpha value is -2.35. The Balaban J connectivity index is 1.26. The summed E-state index contributed by atoms with van der Waals surface area (Å²) in [6.07, 6.45) is 4.49. The monoisotopic (exact) mass is 534 g/mol. The van der Waals surface area contributed by atoms with E-state index in [0.717, 1.165) is 56.4 Å². The van der Waals surface area contributed by atoms with E-state index in [2.05, 4.69) is 4.90 Å². The van der Waals surface area contributed by atoms with Crippen molar-refractivity contribution in [3.8, 4) is 5.75 Å². The van der Waals surface area contributed by atoms with Gasteiger partial charge < -0.3 is 14.7 Å². The van der Waals surface area contributed by atoms with Crippen molar-refractivity contribution in [2.45, 2.75) is 63.1 Å². The molecule has 192 valence electrons. The number of carboxylic acids is 1. The van der Waals surface area contributed by atoms with E-state index in [-0.39, 0.29) is 17.6 Å². The molecule has 3 aliphatic rings. The molecule has 2 heterocycles. The average Bonchev–Trinajstić information content (AvgIpc) is 3.54. The van der Waals surface area contributed by atoms with E-state index in [1.807, 2.05) is 12.1 Å². The molecule has 0 aromatic heterocycles. The summed E-state index contributed by atoms with van der Waals surface area (Å²) < 4.78 is 21.5. The van der Waals surface area contributed by atoms with Gasteiger partial charge in [0.1, 0.15) is 23.7 Å². The third-order valence-electron chi connectivity index (χ3n) is 7.30. The van der Waals surface area contributed by atoms with Gasteiger partial charge in [-0.25, -0.2) is 9.18 Å². The summed E-state index contributed by atoms with van der Waals surface area (Å²) in [5.74, 6) is -1.52. The first-order valence-corrected chi connectivity index (χ1v) is 13.3. The summed E-state index contributed by atoms with van der Waals surface area (Å²) in [6.45, 7) is 2.74. The van der Waals surface area contributed by atoms with E-state index in [1.54, 1.807) is 12.1 Å². The summed E-state index contributed by atoms with van der Waals surface area (Å²) in [6, 6.07) is 7.59. The molecule has 2 aromatic carbocycles. The summed E-state index contributed by atoms with van der Waals surface area (Å²) in [5, 5.41) is 10.7. The van der Waals surface area contributed by atoms with Crippen LogP contribution >= 0.6 is 23.2 Å². The van der Waals surface area contributed by atoms with Gasteiger partial charge in [-0.2, -0.15) is 0 Å². The van der Waals surface area contributed by atoms with E-state index >= 15 is 4.39 Å². The van der Waals surface area contributed by atoms with Crippen LogP contribution in [0.15, 0.2) is 30.3 Å². The molecule has 0 radical (unpaired) electrons. The topological polar surface area (TPSA) is 70.1 Å². The van der Waals surface area contributed by atoms with E-state index in [4.69, 9.17) is 27.9 Å². The number of piperidine rings is 1. The molecule has 2 aliphatic heterocycles. The number of benzene rings is 2. The number of ether oxygens (including phenoxy) is 1. The number of carbonyl (C=O) groups is 2. The molecule has 36 heavy (non-hydrogen) atoms. The van der Waals surface area contributed by atoms with Crippen LogP contribution in [0, 0.1) is 5.82 Å². The number of likely N-dealkylation sites (tertiary alicyclic amines) is 2. The summed E-state index contributed by atoms with van der Waals surface area (Å²) >= 11 is 12.2. The van der Waals surface area contributed by atoms with Crippen molar-refractivity contribution >= 4 is 35.1 Å². The second-order valence-corrected chi connectivity index (χ2v) is 10.9. The highest BCUT2D eigenvalue weighted by atomic mass is 35.5. The largest absolute Gasteiger partial charge is 0.490 e. The van der Waals surface area contributed by atoms with Crippen molar-refractivity contribution < 1.29 is 23.8 Å². The third kappa shape index (κ3) is 5.63. The van der Waals surface area contributed by atoms with Gasteiger partial charge in [-0.05, 0) is 79.8 Å². The summed E-state index contributed by atoms with van der Waals surface area (Å²) in [4.78, 5) is 28.2. The van der Waals surface area contributed by atoms with Crippen LogP contribution in [0.25, 0.3) is 0 Å². The number of hydrogen-bond acceptors (Lipinski definition) is 4. The molecule has 0 spiro atoms. The van der Waals surface area contributed by atoms with Crippen LogP contribution < -0.4 is 4.74 Å². The lowest BCUT2D eigenvalue weighted by Crippen LogP contribution is -2.40. The molecule has 2 aromatic rings. The Kier molecular flexibility index (Phi) is 7.42. The summed E-state index contributed by atoms with van der Waals surface area (Å²) in [5.41, 5.74) is 1.85. The number of nitrogens with zero attached hydrogens (tertiary/aromatic N) is 2. The number of aliphatic carboxylic acids is 1. The Bertz CT molecular complexity index is 1140. The molecule has 2 saturated heterocycles. The molecule has 1 unspecified atom stereocenters. The van der Waals surface area contributed by atoms with Gasteiger partial charge in [-0.3, -0.25) is 9.69 Å². The quantitative estimate of drug-likeness (QED) is 0.490. The highest BCUT2D eigenvalue weighted by Gasteiger charge is 2.37. The Morgan fingerprint density at radius 2 is 1.67 bits per heavy atom. The predicted octanol–water partition coefficient (Wildman–Crippen LogP) is 5.74. The van der Waals surface area contributed by atoms with Crippen molar-refractivity contribution in [1.29, 1.82) is 0 Å². The molecular weight excluding hydrogens is 506 g/mol. The van der Waals surface area contributed by atoms with Crippen molar-refractivity contribution in [2.75, 3.05) is 19.6 Å². The van der Waals surface area contributed by atoms with Crippen molar-refractivity contribution in [3.05, 3.63) is 62.9 Å². The zero-order valence-electron chi connectivity index (χ0n) is 19.9.